The zero-order chi connectivity index (χ0) is 16.4. The predicted octanol–water partition coefficient (Wildman–Crippen LogP) is 3.11. The van der Waals surface area contributed by atoms with Crippen LogP contribution in [0.5, 0.6) is 0 Å². The number of hydrogen-bond acceptors (Lipinski definition) is 4. The Morgan fingerprint density at radius 2 is 1.54 bits per heavy atom. The molecule has 4 rings (SSSR count). The topological polar surface area (TPSA) is 67.8 Å². The van der Waals surface area contributed by atoms with Gasteiger partial charge in [0, 0.05) is 11.8 Å². The highest BCUT2D eigenvalue weighted by molar-refractivity contribution is 5.98. The van der Waals surface area contributed by atoms with Crippen LogP contribution in [0.25, 0.3) is 22.1 Å². The average molecular weight is 314 g/mol. The van der Waals surface area contributed by atoms with E-state index in [0.29, 0.717) is 17.6 Å². The second-order valence-corrected chi connectivity index (χ2v) is 5.42. The van der Waals surface area contributed by atoms with Gasteiger partial charge in [0.05, 0.1) is 34.3 Å². The molecular weight excluding hydrogens is 300 g/mol. The first kappa shape index (κ1) is 14.3. The van der Waals surface area contributed by atoms with E-state index >= 15 is 0 Å². The largest absolute Gasteiger partial charge is 0.346 e. The number of nitrogens with zero attached hydrogens (tertiary/aromatic N) is 3. The number of hydrogen-bond donors (Lipinski definition) is 1. The monoisotopic (exact) mass is 314 g/mol. The molecule has 5 heteroatoms. The molecule has 0 spiro atoms. The summed E-state index contributed by atoms with van der Waals surface area (Å²) in [6.45, 7) is 0.390. The molecule has 2 aromatic carbocycles. The van der Waals surface area contributed by atoms with Crippen molar-refractivity contribution in [2.75, 3.05) is 0 Å². The molecule has 1 N–H and O–H groups in total. The highest BCUT2D eigenvalue weighted by Gasteiger charge is 2.08. The van der Waals surface area contributed by atoms with Crippen LogP contribution in [0.15, 0.2) is 66.9 Å². The molecule has 0 radical (unpaired) electrons. The summed E-state index contributed by atoms with van der Waals surface area (Å²) in [6.07, 6.45) is 1.71. The lowest BCUT2D eigenvalue weighted by Crippen LogP contribution is -2.23. The van der Waals surface area contributed by atoms with E-state index in [1.807, 2.05) is 48.5 Å². The highest BCUT2D eigenvalue weighted by atomic mass is 16.1. The lowest BCUT2D eigenvalue weighted by molar-refractivity contribution is 0.0950. The van der Waals surface area contributed by atoms with Crippen LogP contribution in [0, 0.1) is 0 Å². The Hall–Kier alpha value is -3.34. The third kappa shape index (κ3) is 2.79. The summed E-state index contributed by atoms with van der Waals surface area (Å²) in [5.41, 5.74) is 4.52. The zero-order valence-corrected chi connectivity index (χ0v) is 12.8. The van der Waals surface area contributed by atoms with Crippen LogP contribution in [0.3, 0.4) is 0 Å². The van der Waals surface area contributed by atoms with E-state index in [2.05, 4.69) is 20.3 Å². The van der Waals surface area contributed by atoms with Gasteiger partial charge in [0.25, 0.3) is 5.91 Å². The van der Waals surface area contributed by atoms with Crippen molar-refractivity contribution in [3.8, 4) is 0 Å². The molecule has 116 valence electrons. The molecule has 0 saturated heterocycles. The fourth-order valence-corrected chi connectivity index (χ4v) is 2.54. The van der Waals surface area contributed by atoms with Crippen molar-refractivity contribution in [1.29, 1.82) is 0 Å². The van der Waals surface area contributed by atoms with Crippen molar-refractivity contribution >= 4 is 28.0 Å². The van der Waals surface area contributed by atoms with Crippen molar-refractivity contribution in [3.63, 3.8) is 0 Å². The SMILES string of the molecule is O=C(NCc1ccccn1)c1ccc2nc3ccccc3nc2c1. The van der Waals surface area contributed by atoms with Crippen LogP contribution in [-0.4, -0.2) is 20.9 Å². The van der Waals surface area contributed by atoms with Gasteiger partial charge in [-0.1, -0.05) is 18.2 Å². The summed E-state index contributed by atoms with van der Waals surface area (Å²) in [4.78, 5) is 25.7. The van der Waals surface area contributed by atoms with Crippen molar-refractivity contribution in [3.05, 3.63) is 78.1 Å². The average Bonchev–Trinajstić information content (AvgIpc) is 2.64. The van der Waals surface area contributed by atoms with Gasteiger partial charge in [0.15, 0.2) is 0 Å². The molecule has 5 nitrogen and oxygen atoms in total. The van der Waals surface area contributed by atoms with Gasteiger partial charge in [0.2, 0.25) is 0 Å². The van der Waals surface area contributed by atoms with Gasteiger partial charge >= 0.3 is 0 Å². The molecule has 0 aliphatic heterocycles. The van der Waals surface area contributed by atoms with E-state index < -0.39 is 0 Å². The molecule has 24 heavy (non-hydrogen) atoms. The number of amides is 1. The zero-order valence-electron chi connectivity index (χ0n) is 12.8. The number of nitrogens with one attached hydrogen (secondary N) is 1. The van der Waals surface area contributed by atoms with Gasteiger partial charge < -0.3 is 5.32 Å². The molecule has 1 amide bonds. The van der Waals surface area contributed by atoms with E-state index in [9.17, 15) is 4.79 Å². The number of benzene rings is 2. The second kappa shape index (κ2) is 6.04. The Kier molecular flexibility index (Phi) is 3.59. The lowest BCUT2D eigenvalue weighted by Gasteiger charge is -2.06. The Labute approximate surface area is 138 Å². The minimum Gasteiger partial charge on any atom is -0.346 e. The van der Waals surface area contributed by atoms with Crippen LogP contribution in [0.2, 0.25) is 0 Å². The molecule has 0 atom stereocenters. The first-order valence-corrected chi connectivity index (χ1v) is 7.64. The third-order valence-electron chi connectivity index (χ3n) is 3.76. The second-order valence-electron chi connectivity index (χ2n) is 5.42. The van der Waals surface area contributed by atoms with Crippen molar-refractivity contribution < 1.29 is 4.79 Å². The number of para-hydroxylation sites is 2. The highest BCUT2D eigenvalue weighted by Crippen LogP contribution is 2.17. The maximum atomic E-state index is 12.3. The Balaban J connectivity index is 1.61. The van der Waals surface area contributed by atoms with E-state index in [-0.39, 0.29) is 5.91 Å². The minimum atomic E-state index is -0.155. The molecule has 0 aliphatic carbocycles. The van der Waals surface area contributed by atoms with Gasteiger partial charge in [-0.15, -0.1) is 0 Å². The van der Waals surface area contributed by atoms with Crippen LogP contribution >= 0.6 is 0 Å². The Morgan fingerprint density at radius 1 is 0.833 bits per heavy atom. The molecule has 0 saturated carbocycles. The fraction of sp³-hybridized carbons (Fsp3) is 0.0526. The summed E-state index contributed by atoms with van der Waals surface area (Å²) < 4.78 is 0. The molecule has 2 heterocycles. The van der Waals surface area contributed by atoms with Crippen molar-refractivity contribution in [2.45, 2.75) is 6.54 Å². The summed E-state index contributed by atoms with van der Waals surface area (Å²) in [6, 6.07) is 18.7. The van der Waals surface area contributed by atoms with Crippen LogP contribution in [0.4, 0.5) is 0 Å². The lowest BCUT2D eigenvalue weighted by atomic mass is 10.1. The molecular formula is C19H14N4O. The standard InChI is InChI=1S/C19H14N4O/c24-19(21-12-14-5-3-4-10-20-14)13-8-9-17-18(11-13)23-16-7-2-1-6-15(16)22-17/h1-11H,12H2,(H,21,24). The van der Waals surface area contributed by atoms with Crippen LogP contribution < -0.4 is 5.32 Å². The molecule has 0 bridgehead atoms. The third-order valence-corrected chi connectivity index (χ3v) is 3.76. The Bertz CT molecular complexity index is 1030. The smallest absolute Gasteiger partial charge is 0.251 e. The van der Waals surface area contributed by atoms with E-state index in [0.717, 1.165) is 22.2 Å². The number of fused-ring (bicyclic) bond motifs is 2. The van der Waals surface area contributed by atoms with Gasteiger partial charge in [-0.3, -0.25) is 9.78 Å². The summed E-state index contributed by atoms with van der Waals surface area (Å²) in [5.74, 6) is -0.155. The van der Waals surface area contributed by atoms with Gasteiger partial charge in [-0.05, 0) is 42.5 Å². The number of aromatic nitrogens is 3. The first-order chi connectivity index (χ1) is 11.8. The fourth-order valence-electron chi connectivity index (χ4n) is 2.54. The van der Waals surface area contributed by atoms with Gasteiger partial charge in [-0.2, -0.15) is 0 Å². The van der Waals surface area contributed by atoms with Gasteiger partial charge in [0.1, 0.15) is 0 Å². The normalized spacial score (nSPS) is 10.8. The molecule has 0 aliphatic rings. The number of rotatable bonds is 3. The maximum Gasteiger partial charge on any atom is 0.251 e. The van der Waals surface area contributed by atoms with Crippen LogP contribution in [-0.2, 0) is 6.54 Å². The molecule has 4 aromatic rings. The molecule has 2 aromatic heterocycles. The Morgan fingerprint density at radius 3 is 2.29 bits per heavy atom. The number of carbonyl (C=O) groups excluding carboxylic acids is 1. The molecule has 0 unspecified atom stereocenters. The minimum absolute atomic E-state index is 0.155. The number of carbonyl (C=O) groups is 1. The summed E-state index contributed by atoms with van der Waals surface area (Å²) in [5, 5.41) is 2.87. The summed E-state index contributed by atoms with van der Waals surface area (Å²) >= 11 is 0. The molecule has 0 fully saturated rings. The first-order valence-electron chi connectivity index (χ1n) is 7.64. The predicted molar refractivity (Wildman–Crippen MR) is 92.5 cm³/mol. The van der Waals surface area contributed by atoms with Crippen molar-refractivity contribution in [2.24, 2.45) is 0 Å². The quantitative estimate of drug-likeness (QED) is 0.590. The number of pyridine rings is 1. The summed E-state index contributed by atoms with van der Waals surface area (Å²) in [7, 11) is 0. The van der Waals surface area contributed by atoms with E-state index in [1.165, 1.54) is 0 Å². The maximum absolute atomic E-state index is 12.3. The van der Waals surface area contributed by atoms with Gasteiger partial charge in [-0.25, -0.2) is 9.97 Å². The van der Waals surface area contributed by atoms with Crippen molar-refractivity contribution in [1.82, 2.24) is 20.3 Å². The van der Waals surface area contributed by atoms with Crippen LogP contribution in [0.1, 0.15) is 16.1 Å². The van der Waals surface area contributed by atoms with E-state index in [1.54, 1.807) is 18.3 Å². The van der Waals surface area contributed by atoms with E-state index in [4.69, 9.17) is 0 Å².